The van der Waals surface area contributed by atoms with Crippen molar-refractivity contribution in [2.24, 2.45) is 5.92 Å². The van der Waals surface area contributed by atoms with E-state index in [0.29, 0.717) is 12.1 Å². The summed E-state index contributed by atoms with van der Waals surface area (Å²) in [5, 5.41) is 6.27. The summed E-state index contributed by atoms with van der Waals surface area (Å²) in [5.41, 5.74) is 1.54. The Balaban J connectivity index is 1.64. The second-order valence-corrected chi connectivity index (χ2v) is 6.13. The van der Waals surface area contributed by atoms with Gasteiger partial charge in [0.1, 0.15) is 11.6 Å². The number of hydrogen-bond donors (Lipinski definition) is 2. The molecule has 1 saturated heterocycles. The first-order valence-corrected chi connectivity index (χ1v) is 8.13. The predicted molar refractivity (Wildman–Crippen MR) is 88.9 cm³/mol. The Hall–Kier alpha value is -2.27. The summed E-state index contributed by atoms with van der Waals surface area (Å²) in [4.78, 5) is 12.2. The van der Waals surface area contributed by atoms with Crippen molar-refractivity contribution in [3.63, 3.8) is 0 Å². The highest BCUT2D eigenvalue weighted by atomic mass is 19.1. The van der Waals surface area contributed by atoms with Gasteiger partial charge < -0.3 is 10.6 Å². The van der Waals surface area contributed by atoms with Gasteiger partial charge in [-0.3, -0.25) is 4.79 Å². The van der Waals surface area contributed by atoms with E-state index in [2.05, 4.69) is 10.6 Å². The van der Waals surface area contributed by atoms with Crippen LogP contribution < -0.4 is 10.6 Å². The fourth-order valence-corrected chi connectivity index (χ4v) is 3.21. The van der Waals surface area contributed by atoms with Gasteiger partial charge >= 0.3 is 0 Å². The maximum Gasteiger partial charge on any atom is 0.251 e. The van der Waals surface area contributed by atoms with Gasteiger partial charge in [0.05, 0.1) is 0 Å². The van der Waals surface area contributed by atoms with E-state index in [-0.39, 0.29) is 29.4 Å². The third kappa shape index (κ3) is 3.97. The number of hydrogen-bond acceptors (Lipinski definition) is 2. The van der Waals surface area contributed by atoms with Crippen LogP contribution in [0.25, 0.3) is 0 Å². The van der Waals surface area contributed by atoms with Crippen LogP contribution in [0, 0.1) is 17.6 Å². The molecule has 2 aromatic carbocycles. The summed E-state index contributed by atoms with van der Waals surface area (Å²) < 4.78 is 26.1. The summed E-state index contributed by atoms with van der Waals surface area (Å²) in [6.45, 7) is 2.22. The number of benzene rings is 2. The van der Waals surface area contributed by atoms with E-state index in [1.807, 2.05) is 12.1 Å². The van der Waals surface area contributed by atoms with Crippen molar-refractivity contribution >= 4 is 5.91 Å². The zero-order chi connectivity index (χ0) is 16.9. The van der Waals surface area contributed by atoms with Gasteiger partial charge in [-0.2, -0.15) is 0 Å². The van der Waals surface area contributed by atoms with Crippen LogP contribution in [0.4, 0.5) is 8.78 Å². The molecular weight excluding hydrogens is 310 g/mol. The molecule has 1 aliphatic heterocycles. The maximum atomic E-state index is 13.1. The Kier molecular flexibility index (Phi) is 5.20. The molecule has 126 valence electrons. The molecule has 0 aromatic heterocycles. The second kappa shape index (κ2) is 7.53. The Morgan fingerprint density at radius 2 is 1.67 bits per heavy atom. The van der Waals surface area contributed by atoms with Crippen LogP contribution in [0.1, 0.15) is 28.3 Å². The molecule has 0 aliphatic carbocycles. The third-order valence-electron chi connectivity index (χ3n) is 4.54. The van der Waals surface area contributed by atoms with E-state index in [9.17, 15) is 13.6 Å². The van der Waals surface area contributed by atoms with Gasteiger partial charge in [0.25, 0.3) is 5.91 Å². The fourth-order valence-electron chi connectivity index (χ4n) is 3.21. The first-order chi connectivity index (χ1) is 11.6. The molecule has 1 amide bonds. The number of amides is 1. The van der Waals surface area contributed by atoms with Crippen molar-refractivity contribution in [3.05, 3.63) is 71.3 Å². The van der Waals surface area contributed by atoms with Gasteiger partial charge in [-0.1, -0.05) is 12.1 Å². The van der Waals surface area contributed by atoms with E-state index < -0.39 is 0 Å². The first-order valence-electron chi connectivity index (χ1n) is 8.13. The van der Waals surface area contributed by atoms with Crippen molar-refractivity contribution < 1.29 is 13.6 Å². The van der Waals surface area contributed by atoms with E-state index in [0.717, 1.165) is 25.1 Å². The van der Waals surface area contributed by atoms with Crippen molar-refractivity contribution in [3.8, 4) is 0 Å². The number of halogens is 2. The molecule has 1 fully saturated rings. The van der Waals surface area contributed by atoms with E-state index >= 15 is 0 Å². The van der Waals surface area contributed by atoms with Crippen LogP contribution in [0.2, 0.25) is 0 Å². The normalized spacial score (nSPS) is 20.6. The predicted octanol–water partition coefficient (Wildman–Crippen LogP) is 3.09. The topological polar surface area (TPSA) is 41.1 Å². The van der Waals surface area contributed by atoms with E-state index in [1.54, 1.807) is 0 Å². The minimum Gasteiger partial charge on any atom is -0.352 e. The number of nitrogens with one attached hydrogen (secondary N) is 2. The van der Waals surface area contributed by atoms with Crippen LogP contribution in [0.5, 0.6) is 0 Å². The summed E-state index contributed by atoms with van der Waals surface area (Å²) in [5.74, 6) is -0.305. The van der Waals surface area contributed by atoms with Gasteiger partial charge in [0.2, 0.25) is 0 Å². The summed E-state index contributed by atoms with van der Waals surface area (Å²) in [6, 6.07) is 12.1. The lowest BCUT2D eigenvalue weighted by Crippen LogP contribution is -2.42. The molecule has 2 atom stereocenters. The van der Waals surface area contributed by atoms with Gasteiger partial charge in [-0.25, -0.2) is 8.78 Å². The minimum atomic E-state index is -0.362. The monoisotopic (exact) mass is 330 g/mol. The highest BCUT2D eigenvalue weighted by molar-refractivity contribution is 5.94. The average Bonchev–Trinajstić information content (AvgIpc) is 2.61. The van der Waals surface area contributed by atoms with Crippen LogP contribution in [-0.4, -0.2) is 25.5 Å². The maximum absolute atomic E-state index is 13.1. The number of piperidine rings is 1. The minimum absolute atomic E-state index is 0.210. The zero-order valence-electron chi connectivity index (χ0n) is 13.3. The number of carbonyl (C=O) groups excluding carboxylic acids is 1. The highest BCUT2D eigenvalue weighted by Crippen LogP contribution is 2.30. The van der Waals surface area contributed by atoms with E-state index in [1.165, 1.54) is 36.4 Å². The van der Waals surface area contributed by atoms with Crippen molar-refractivity contribution in [2.45, 2.75) is 12.3 Å². The SMILES string of the molecule is O=C(NC[C@H]1CNCC[C@H]1c1ccc(F)cc1)c1ccc(F)cc1. The van der Waals surface area contributed by atoms with Gasteiger partial charge in [0, 0.05) is 18.7 Å². The number of rotatable bonds is 4. The molecule has 1 aliphatic rings. The van der Waals surface area contributed by atoms with Gasteiger partial charge in [-0.15, -0.1) is 0 Å². The van der Waals surface area contributed by atoms with Crippen LogP contribution in [-0.2, 0) is 0 Å². The Bertz CT molecular complexity index is 686. The summed E-state index contributed by atoms with van der Waals surface area (Å²) >= 11 is 0. The molecule has 1 heterocycles. The smallest absolute Gasteiger partial charge is 0.251 e. The van der Waals surface area contributed by atoms with Gasteiger partial charge in [-0.05, 0) is 66.8 Å². The molecule has 3 nitrogen and oxygen atoms in total. The quantitative estimate of drug-likeness (QED) is 0.904. The Morgan fingerprint density at radius 3 is 2.33 bits per heavy atom. The number of carbonyl (C=O) groups is 1. The zero-order valence-corrected chi connectivity index (χ0v) is 13.3. The molecule has 0 saturated carbocycles. The lowest BCUT2D eigenvalue weighted by Gasteiger charge is -2.32. The molecule has 0 bridgehead atoms. The standard InChI is InChI=1S/C19H20F2N2O/c20-16-5-1-13(2-6-16)18-9-10-22-11-15(18)12-23-19(24)14-3-7-17(21)8-4-14/h1-8,15,18,22H,9-12H2,(H,23,24)/t15-,18+/m1/s1. The average molecular weight is 330 g/mol. The second-order valence-electron chi connectivity index (χ2n) is 6.13. The Labute approximate surface area is 140 Å². The fraction of sp³-hybridized carbons (Fsp3) is 0.316. The van der Waals surface area contributed by atoms with Crippen LogP contribution in [0.15, 0.2) is 48.5 Å². The van der Waals surface area contributed by atoms with Crippen LogP contribution in [0.3, 0.4) is 0 Å². The molecule has 0 radical (unpaired) electrons. The lowest BCUT2D eigenvalue weighted by atomic mass is 9.81. The largest absolute Gasteiger partial charge is 0.352 e. The molecule has 2 aromatic rings. The van der Waals surface area contributed by atoms with Crippen molar-refractivity contribution in [2.75, 3.05) is 19.6 Å². The highest BCUT2D eigenvalue weighted by Gasteiger charge is 2.26. The molecule has 0 unspecified atom stereocenters. The van der Waals surface area contributed by atoms with Gasteiger partial charge in [0.15, 0.2) is 0 Å². The molecule has 24 heavy (non-hydrogen) atoms. The summed E-state index contributed by atoms with van der Waals surface area (Å²) in [7, 11) is 0. The summed E-state index contributed by atoms with van der Waals surface area (Å²) in [6.07, 6.45) is 0.947. The van der Waals surface area contributed by atoms with Crippen molar-refractivity contribution in [1.29, 1.82) is 0 Å². The molecule has 5 heteroatoms. The molecule has 0 spiro atoms. The lowest BCUT2D eigenvalue weighted by molar-refractivity contribution is 0.0942. The third-order valence-corrected chi connectivity index (χ3v) is 4.54. The Morgan fingerprint density at radius 1 is 1.04 bits per heavy atom. The van der Waals surface area contributed by atoms with Crippen LogP contribution >= 0.6 is 0 Å². The molecular formula is C19H20F2N2O. The molecule has 3 rings (SSSR count). The molecule has 2 N–H and O–H groups in total. The van der Waals surface area contributed by atoms with Crippen molar-refractivity contribution in [1.82, 2.24) is 10.6 Å². The van der Waals surface area contributed by atoms with E-state index in [4.69, 9.17) is 0 Å². The first kappa shape index (κ1) is 16.6.